The molecule has 1 saturated heterocycles. The van der Waals surface area contributed by atoms with Gasteiger partial charge in [-0.3, -0.25) is 4.90 Å². The fourth-order valence-electron chi connectivity index (χ4n) is 3.29. The average molecular weight is 343 g/mol. The number of hydrogen-bond acceptors (Lipinski definition) is 2. The molecule has 1 fully saturated rings. The lowest BCUT2D eigenvalue weighted by Crippen LogP contribution is -2.54. The summed E-state index contributed by atoms with van der Waals surface area (Å²) < 4.78 is 15.0. The minimum atomic E-state index is -0.156. The van der Waals surface area contributed by atoms with Gasteiger partial charge in [0.05, 0.1) is 10.5 Å². The van der Waals surface area contributed by atoms with Crippen molar-refractivity contribution in [2.75, 3.05) is 20.1 Å². The second kappa shape index (κ2) is 6.54. The molecule has 1 atom stereocenters. The number of nitrogens with zero attached hydrogens (tertiary/aromatic N) is 1. The van der Waals surface area contributed by atoms with Crippen LogP contribution in [0.15, 0.2) is 22.7 Å². The van der Waals surface area contributed by atoms with Crippen LogP contribution in [0, 0.1) is 5.82 Å². The highest BCUT2D eigenvalue weighted by atomic mass is 79.9. The van der Waals surface area contributed by atoms with Gasteiger partial charge in [-0.25, -0.2) is 4.39 Å². The van der Waals surface area contributed by atoms with Gasteiger partial charge < -0.3 is 5.32 Å². The summed E-state index contributed by atoms with van der Waals surface area (Å²) in [6, 6.07) is 5.50. The van der Waals surface area contributed by atoms with Crippen LogP contribution in [0.1, 0.15) is 44.7 Å². The lowest BCUT2D eigenvalue weighted by molar-refractivity contribution is 0.0621. The number of likely N-dealkylation sites (tertiary alicyclic amines) is 1. The number of benzene rings is 1. The Morgan fingerprint density at radius 3 is 2.50 bits per heavy atom. The summed E-state index contributed by atoms with van der Waals surface area (Å²) in [7, 11) is 1.91. The summed E-state index contributed by atoms with van der Waals surface area (Å²) in [5.74, 6) is -0.156. The number of nitrogens with one attached hydrogen (secondary N) is 1. The van der Waals surface area contributed by atoms with Crippen LogP contribution in [0.4, 0.5) is 4.39 Å². The first-order valence-electron chi connectivity index (χ1n) is 7.34. The predicted octanol–water partition coefficient (Wildman–Crippen LogP) is 4.11. The molecule has 1 aromatic rings. The first-order valence-corrected chi connectivity index (χ1v) is 8.14. The van der Waals surface area contributed by atoms with Gasteiger partial charge in [0.15, 0.2) is 0 Å². The molecule has 1 aromatic carbocycles. The third kappa shape index (κ3) is 3.07. The van der Waals surface area contributed by atoms with Gasteiger partial charge in [-0.05, 0) is 68.8 Å². The number of rotatable bonds is 4. The maximum atomic E-state index is 14.4. The molecule has 1 aliphatic rings. The largest absolute Gasteiger partial charge is 0.311 e. The van der Waals surface area contributed by atoms with E-state index in [1.807, 2.05) is 19.2 Å². The van der Waals surface area contributed by atoms with Gasteiger partial charge in [0.2, 0.25) is 0 Å². The van der Waals surface area contributed by atoms with Crippen LogP contribution in [-0.2, 0) is 0 Å². The number of halogens is 2. The smallest absolute Gasteiger partial charge is 0.142 e. The van der Waals surface area contributed by atoms with E-state index in [-0.39, 0.29) is 17.4 Å². The summed E-state index contributed by atoms with van der Waals surface area (Å²) in [5, 5.41) is 3.32. The zero-order chi connectivity index (χ0) is 14.8. The van der Waals surface area contributed by atoms with Crippen molar-refractivity contribution < 1.29 is 4.39 Å². The molecule has 2 rings (SSSR count). The lowest BCUT2D eigenvalue weighted by atomic mass is 9.85. The highest BCUT2D eigenvalue weighted by molar-refractivity contribution is 9.10. The van der Waals surface area contributed by atoms with Crippen LogP contribution in [0.2, 0.25) is 0 Å². The van der Waals surface area contributed by atoms with Gasteiger partial charge in [-0.15, -0.1) is 0 Å². The van der Waals surface area contributed by atoms with Crippen molar-refractivity contribution in [2.45, 2.75) is 44.7 Å². The van der Waals surface area contributed by atoms with Crippen LogP contribution in [0.25, 0.3) is 0 Å². The molecule has 0 saturated carbocycles. The zero-order valence-corrected chi connectivity index (χ0v) is 14.1. The van der Waals surface area contributed by atoms with Gasteiger partial charge in [-0.1, -0.05) is 18.6 Å². The molecule has 0 bridgehead atoms. The second-order valence-corrected chi connectivity index (χ2v) is 6.92. The molecular formula is C16H24BrFN2. The Balaban J connectivity index is 2.32. The van der Waals surface area contributed by atoms with Crippen LogP contribution >= 0.6 is 15.9 Å². The van der Waals surface area contributed by atoms with Crippen molar-refractivity contribution in [3.05, 3.63) is 34.1 Å². The van der Waals surface area contributed by atoms with Gasteiger partial charge in [0.25, 0.3) is 0 Å². The van der Waals surface area contributed by atoms with Crippen molar-refractivity contribution in [2.24, 2.45) is 0 Å². The number of hydrogen-bond donors (Lipinski definition) is 1. The highest BCUT2D eigenvalue weighted by Crippen LogP contribution is 2.35. The Morgan fingerprint density at radius 1 is 1.25 bits per heavy atom. The van der Waals surface area contributed by atoms with E-state index < -0.39 is 0 Å². The summed E-state index contributed by atoms with van der Waals surface area (Å²) in [6.45, 7) is 6.61. The predicted molar refractivity (Wildman–Crippen MR) is 85.4 cm³/mol. The van der Waals surface area contributed by atoms with Gasteiger partial charge >= 0.3 is 0 Å². The molecule has 4 heteroatoms. The van der Waals surface area contributed by atoms with Crippen molar-refractivity contribution in [1.82, 2.24) is 10.2 Å². The molecule has 2 nitrogen and oxygen atoms in total. The molecule has 20 heavy (non-hydrogen) atoms. The molecular weight excluding hydrogens is 319 g/mol. The zero-order valence-electron chi connectivity index (χ0n) is 12.5. The quantitative estimate of drug-likeness (QED) is 0.885. The number of piperidine rings is 1. The van der Waals surface area contributed by atoms with E-state index in [4.69, 9.17) is 0 Å². The third-order valence-electron chi connectivity index (χ3n) is 4.46. The maximum absolute atomic E-state index is 14.4. The minimum Gasteiger partial charge on any atom is -0.311 e. The molecule has 1 heterocycles. The Hall–Kier alpha value is -0.450. The van der Waals surface area contributed by atoms with Crippen molar-refractivity contribution in [3.8, 4) is 0 Å². The van der Waals surface area contributed by atoms with E-state index in [1.54, 1.807) is 6.07 Å². The molecule has 0 radical (unpaired) electrons. The monoisotopic (exact) mass is 342 g/mol. The first-order chi connectivity index (χ1) is 9.48. The van der Waals surface area contributed by atoms with E-state index in [2.05, 4.69) is 40.0 Å². The van der Waals surface area contributed by atoms with E-state index in [1.165, 1.54) is 19.3 Å². The fraction of sp³-hybridized carbons (Fsp3) is 0.625. The number of likely N-dealkylation sites (N-methyl/N-ethyl adjacent to an activating group) is 1. The summed E-state index contributed by atoms with van der Waals surface area (Å²) in [6.07, 6.45) is 3.78. The molecule has 0 aromatic heterocycles. The molecule has 0 aliphatic carbocycles. The summed E-state index contributed by atoms with van der Waals surface area (Å²) in [5.41, 5.74) is 0.619. The van der Waals surface area contributed by atoms with Crippen molar-refractivity contribution in [3.63, 3.8) is 0 Å². The van der Waals surface area contributed by atoms with Crippen LogP contribution in [0.3, 0.4) is 0 Å². The van der Waals surface area contributed by atoms with E-state index in [0.29, 0.717) is 4.47 Å². The topological polar surface area (TPSA) is 15.3 Å². The van der Waals surface area contributed by atoms with Crippen LogP contribution < -0.4 is 5.32 Å². The minimum absolute atomic E-state index is 0.0295. The van der Waals surface area contributed by atoms with E-state index in [0.717, 1.165) is 18.7 Å². The molecule has 112 valence electrons. The Labute approximate surface area is 129 Å². The molecule has 1 unspecified atom stereocenters. The maximum Gasteiger partial charge on any atom is 0.142 e. The Morgan fingerprint density at radius 2 is 1.90 bits per heavy atom. The molecule has 0 spiro atoms. The van der Waals surface area contributed by atoms with Crippen LogP contribution in [0.5, 0.6) is 0 Å². The normalized spacial score (nSPS) is 19.1. The summed E-state index contributed by atoms with van der Waals surface area (Å²) in [4.78, 5) is 2.48. The van der Waals surface area contributed by atoms with Gasteiger partial charge in [0, 0.05) is 11.1 Å². The first kappa shape index (κ1) is 15.9. The Bertz CT molecular complexity index is 456. The van der Waals surface area contributed by atoms with Crippen molar-refractivity contribution >= 4 is 15.9 Å². The standard InChI is InChI=1S/C16H24BrFN2/c1-16(2,20-10-5-4-6-11-20)15(19-3)12-8-7-9-13(17)14(12)18/h7-9,15,19H,4-6,10-11H2,1-3H3. The summed E-state index contributed by atoms with van der Waals surface area (Å²) >= 11 is 3.29. The highest BCUT2D eigenvalue weighted by Gasteiger charge is 2.37. The van der Waals surface area contributed by atoms with E-state index in [9.17, 15) is 4.39 Å². The molecule has 0 amide bonds. The second-order valence-electron chi connectivity index (χ2n) is 6.07. The van der Waals surface area contributed by atoms with E-state index >= 15 is 0 Å². The van der Waals surface area contributed by atoms with Crippen molar-refractivity contribution in [1.29, 1.82) is 0 Å². The Kier molecular flexibility index (Phi) is 5.21. The fourth-order valence-corrected chi connectivity index (χ4v) is 3.67. The third-order valence-corrected chi connectivity index (χ3v) is 5.07. The molecule has 1 N–H and O–H groups in total. The van der Waals surface area contributed by atoms with Gasteiger partial charge in [-0.2, -0.15) is 0 Å². The van der Waals surface area contributed by atoms with Crippen LogP contribution in [-0.4, -0.2) is 30.6 Å². The lowest BCUT2D eigenvalue weighted by Gasteiger charge is -2.46. The van der Waals surface area contributed by atoms with Gasteiger partial charge in [0.1, 0.15) is 5.82 Å². The molecule has 1 aliphatic heterocycles. The SMILES string of the molecule is CNC(c1cccc(Br)c1F)C(C)(C)N1CCCCC1. The average Bonchev–Trinajstić information content (AvgIpc) is 2.45.